The summed E-state index contributed by atoms with van der Waals surface area (Å²) in [5.41, 5.74) is 1.33. The van der Waals surface area contributed by atoms with E-state index >= 15 is 0 Å². The highest BCUT2D eigenvalue weighted by atomic mass is 32.2. The van der Waals surface area contributed by atoms with Crippen molar-refractivity contribution < 1.29 is 60.1 Å². The molecule has 3 aromatic rings. The molecule has 0 aliphatic rings. The van der Waals surface area contributed by atoms with Crippen molar-refractivity contribution in [2.45, 2.75) is 74.6 Å². The number of carbonyl (C=O) groups is 3. The molecule has 0 aliphatic heterocycles. The third-order valence-corrected chi connectivity index (χ3v) is 10.9. The van der Waals surface area contributed by atoms with Gasteiger partial charge in [-0.05, 0) is 81.5 Å². The van der Waals surface area contributed by atoms with Crippen LogP contribution in [0.3, 0.4) is 0 Å². The molecule has 0 fully saturated rings. The fourth-order valence-corrected chi connectivity index (χ4v) is 7.38. The molecule has 2 atom stereocenters. The lowest BCUT2D eigenvalue weighted by Crippen LogP contribution is -2.54. The van der Waals surface area contributed by atoms with Gasteiger partial charge in [0.25, 0.3) is 0 Å². The number of ether oxygens (including phenoxy) is 4. The Morgan fingerprint density at radius 2 is 1.28 bits per heavy atom. The van der Waals surface area contributed by atoms with Crippen molar-refractivity contribution in [3.05, 3.63) is 84.4 Å². The minimum absolute atomic E-state index is 0.0439. The summed E-state index contributed by atoms with van der Waals surface area (Å²) in [7, 11) is -8.13. The molecule has 3 aromatic carbocycles. The SMILES string of the molecule is CC(NC(=O)OC(C)(C)C)C(NS(=O)(=O)c1ccc(-c2ccc(S(=O)(=O)NCCCOCCOCCOCCCN(C=O)OCc3ccccc3)cc2)cc1)C(=O)O. The van der Waals surface area contributed by atoms with E-state index in [-0.39, 0.29) is 16.3 Å². The molecule has 0 spiro atoms. The van der Waals surface area contributed by atoms with E-state index < -0.39 is 49.8 Å². The van der Waals surface area contributed by atoms with Gasteiger partial charge in [-0.25, -0.2) is 31.4 Å². The van der Waals surface area contributed by atoms with E-state index in [2.05, 4.69) is 14.8 Å². The van der Waals surface area contributed by atoms with Crippen LogP contribution in [0.4, 0.5) is 4.79 Å². The molecule has 0 aliphatic carbocycles. The minimum Gasteiger partial charge on any atom is -0.480 e. The Labute approximate surface area is 340 Å². The van der Waals surface area contributed by atoms with Gasteiger partial charge in [-0.3, -0.25) is 14.4 Å². The van der Waals surface area contributed by atoms with Gasteiger partial charge in [0.15, 0.2) is 0 Å². The van der Waals surface area contributed by atoms with Crippen LogP contribution in [-0.2, 0) is 60.0 Å². The average Bonchev–Trinajstić information content (AvgIpc) is 3.17. The second-order valence-electron chi connectivity index (χ2n) is 13.9. The van der Waals surface area contributed by atoms with Gasteiger partial charge in [0, 0.05) is 19.8 Å². The maximum absolute atomic E-state index is 13.0. The highest BCUT2D eigenvalue weighted by molar-refractivity contribution is 7.89. The van der Waals surface area contributed by atoms with Crippen LogP contribution in [0.25, 0.3) is 11.1 Å². The third kappa shape index (κ3) is 17.6. The van der Waals surface area contributed by atoms with Crippen LogP contribution < -0.4 is 14.8 Å². The zero-order valence-corrected chi connectivity index (χ0v) is 34.8. The first-order chi connectivity index (χ1) is 27.5. The predicted molar refractivity (Wildman–Crippen MR) is 213 cm³/mol. The lowest BCUT2D eigenvalue weighted by atomic mass is 10.1. The molecule has 0 radical (unpaired) electrons. The van der Waals surface area contributed by atoms with E-state index in [1.54, 1.807) is 32.9 Å². The van der Waals surface area contributed by atoms with Crippen LogP contribution in [0, 0.1) is 0 Å². The molecule has 17 nitrogen and oxygen atoms in total. The summed E-state index contributed by atoms with van der Waals surface area (Å²) in [6, 6.07) is 18.3. The summed E-state index contributed by atoms with van der Waals surface area (Å²) < 4.78 is 78.0. The van der Waals surface area contributed by atoms with Gasteiger partial charge in [-0.1, -0.05) is 54.6 Å². The van der Waals surface area contributed by atoms with Gasteiger partial charge in [-0.2, -0.15) is 4.72 Å². The number of hydrogen-bond donors (Lipinski definition) is 4. The van der Waals surface area contributed by atoms with Crippen LogP contribution in [0.2, 0.25) is 0 Å². The third-order valence-electron chi connectivity index (χ3n) is 7.98. The first kappa shape index (κ1) is 47.9. The summed E-state index contributed by atoms with van der Waals surface area (Å²) in [6.45, 7) is 9.31. The molecule has 2 amide bonds. The van der Waals surface area contributed by atoms with E-state index in [4.69, 9.17) is 23.8 Å². The fourth-order valence-electron chi connectivity index (χ4n) is 5.04. The largest absolute Gasteiger partial charge is 0.480 e. The number of nitrogens with zero attached hydrogens (tertiary/aromatic N) is 1. The zero-order chi connectivity index (χ0) is 42.6. The van der Waals surface area contributed by atoms with Gasteiger partial charge < -0.3 is 29.4 Å². The number of sulfonamides is 2. The smallest absolute Gasteiger partial charge is 0.407 e. The number of carboxylic acid groups (broad SMARTS) is 1. The molecule has 3 rings (SSSR count). The lowest BCUT2D eigenvalue weighted by molar-refractivity contribution is -0.178. The number of aliphatic carboxylic acids is 1. The molecule has 0 aromatic heterocycles. The molecular weight excluding hydrogens is 797 g/mol. The average molecular weight is 851 g/mol. The number of carbonyl (C=O) groups excluding carboxylic acids is 2. The summed E-state index contributed by atoms with van der Waals surface area (Å²) >= 11 is 0. The second kappa shape index (κ2) is 23.8. The molecule has 58 heavy (non-hydrogen) atoms. The van der Waals surface area contributed by atoms with Gasteiger partial charge >= 0.3 is 12.1 Å². The highest BCUT2D eigenvalue weighted by Crippen LogP contribution is 2.23. The normalized spacial score (nSPS) is 13.0. The van der Waals surface area contributed by atoms with Crippen molar-refractivity contribution in [2.75, 3.05) is 52.7 Å². The lowest BCUT2D eigenvalue weighted by Gasteiger charge is -2.25. The first-order valence-electron chi connectivity index (χ1n) is 18.6. The number of nitrogens with one attached hydrogen (secondary N) is 3. The minimum atomic E-state index is -4.32. The molecular formula is C39H54N4O13S2. The van der Waals surface area contributed by atoms with Crippen molar-refractivity contribution in [3.8, 4) is 11.1 Å². The Hall–Kier alpha value is -4.47. The number of hydroxylamine groups is 2. The monoisotopic (exact) mass is 850 g/mol. The van der Waals surface area contributed by atoms with Gasteiger partial charge in [0.2, 0.25) is 26.5 Å². The Kier molecular flexibility index (Phi) is 19.7. The molecule has 0 saturated carbocycles. The van der Waals surface area contributed by atoms with Crippen molar-refractivity contribution in [1.29, 1.82) is 0 Å². The van der Waals surface area contributed by atoms with Gasteiger partial charge in [0.1, 0.15) is 18.2 Å². The number of rotatable bonds is 27. The van der Waals surface area contributed by atoms with Crippen LogP contribution in [0.5, 0.6) is 0 Å². The maximum atomic E-state index is 13.0. The van der Waals surface area contributed by atoms with Crippen molar-refractivity contribution in [3.63, 3.8) is 0 Å². The zero-order valence-electron chi connectivity index (χ0n) is 33.1. The van der Waals surface area contributed by atoms with E-state index in [1.807, 2.05) is 30.3 Å². The van der Waals surface area contributed by atoms with Crippen LogP contribution in [0.15, 0.2) is 88.7 Å². The van der Waals surface area contributed by atoms with Crippen LogP contribution in [-0.4, -0.2) is 116 Å². The molecule has 19 heteroatoms. The Balaban J connectivity index is 1.31. The summed E-state index contributed by atoms with van der Waals surface area (Å²) in [5.74, 6) is -1.50. The Morgan fingerprint density at radius 3 is 1.79 bits per heavy atom. The quantitative estimate of drug-likeness (QED) is 0.0489. The van der Waals surface area contributed by atoms with Gasteiger partial charge in [0.05, 0.1) is 48.8 Å². The second-order valence-corrected chi connectivity index (χ2v) is 17.3. The van der Waals surface area contributed by atoms with Crippen molar-refractivity contribution >= 4 is 38.5 Å². The maximum Gasteiger partial charge on any atom is 0.407 e. The molecule has 320 valence electrons. The molecule has 0 heterocycles. The molecule has 0 saturated heterocycles. The van der Waals surface area contributed by atoms with Crippen molar-refractivity contribution in [2.24, 2.45) is 0 Å². The number of amides is 2. The van der Waals surface area contributed by atoms with Crippen molar-refractivity contribution in [1.82, 2.24) is 19.8 Å². The number of alkyl carbamates (subject to hydrolysis) is 1. The summed E-state index contributed by atoms with van der Waals surface area (Å²) in [5, 5.41) is 13.3. The van der Waals surface area contributed by atoms with Crippen LogP contribution in [0.1, 0.15) is 46.1 Å². The number of benzene rings is 3. The number of carboxylic acids is 1. The van der Waals surface area contributed by atoms with E-state index in [9.17, 15) is 36.3 Å². The molecule has 0 bridgehead atoms. The van der Waals surface area contributed by atoms with E-state index in [1.165, 1.54) is 48.4 Å². The standard InChI is InChI=1S/C39H54N4O13S2/c1-30(41-38(47)56-39(2,3)4)36(37(45)46)42-58(50,51)35-18-14-33(15-19-35)32-12-16-34(17-13-32)57(48,49)40-20-8-22-52-24-26-54-27-25-53-23-9-21-43(29-44)55-28-31-10-6-5-7-11-31/h5-7,10-19,29-30,36,40,42H,8-9,20-28H2,1-4H3,(H,41,47)(H,45,46). The topological polar surface area (TPSA) is 225 Å². The summed E-state index contributed by atoms with van der Waals surface area (Å²) in [6.07, 6.45) is 0.791. The van der Waals surface area contributed by atoms with E-state index in [0.29, 0.717) is 83.2 Å². The van der Waals surface area contributed by atoms with Gasteiger partial charge in [-0.15, -0.1) is 0 Å². The number of hydrogen-bond acceptors (Lipinski definition) is 12. The predicted octanol–water partition coefficient (Wildman–Crippen LogP) is 3.70. The fraction of sp³-hybridized carbons (Fsp3) is 0.462. The highest BCUT2D eigenvalue weighted by Gasteiger charge is 2.32. The first-order valence-corrected chi connectivity index (χ1v) is 21.5. The Bertz CT molecular complexity index is 1930. The van der Waals surface area contributed by atoms with Crippen LogP contribution >= 0.6 is 0 Å². The molecule has 2 unspecified atom stereocenters. The Morgan fingerprint density at radius 1 is 0.759 bits per heavy atom. The molecule has 4 N–H and O–H groups in total. The summed E-state index contributed by atoms with van der Waals surface area (Å²) in [4.78, 5) is 40.5. The van der Waals surface area contributed by atoms with E-state index in [0.717, 1.165) is 5.56 Å².